The third-order valence-corrected chi connectivity index (χ3v) is 6.15. The molecule has 0 fully saturated rings. The molecule has 0 bridgehead atoms. The van der Waals surface area contributed by atoms with Crippen LogP contribution in [0.4, 0.5) is 0 Å². The van der Waals surface area contributed by atoms with E-state index in [-0.39, 0.29) is 20.4 Å². The second-order valence-electron chi connectivity index (χ2n) is 6.51. The Bertz CT molecular complexity index is 810. The Morgan fingerprint density at radius 2 is 1.55 bits per heavy atom. The fourth-order valence-electron chi connectivity index (χ4n) is 2.47. The first-order chi connectivity index (χ1) is 10.4. The van der Waals surface area contributed by atoms with Crippen molar-refractivity contribution in [3.05, 3.63) is 66.2 Å². The van der Waals surface area contributed by atoms with Crippen LogP contribution in [0.3, 0.4) is 0 Å². The van der Waals surface area contributed by atoms with E-state index in [1.165, 1.54) is 20.8 Å². The van der Waals surface area contributed by atoms with Gasteiger partial charge in [0.15, 0.2) is 0 Å². The number of hydrogen-bond acceptors (Lipinski definition) is 1. The van der Waals surface area contributed by atoms with Crippen molar-refractivity contribution in [2.24, 2.45) is 0 Å². The Labute approximate surface area is 138 Å². The molecule has 2 heteroatoms. The van der Waals surface area contributed by atoms with Crippen molar-refractivity contribution < 1.29 is 5.11 Å². The van der Waals surface area contributed by atoms with E-state index in [4.69, 9.17) is 0 Å². The average Bonchev–Trinajstić information content (AvgIpc) is 2.49. The summed E-state index contributed by atoms with van der Waals surface area (Å²) in [7, 11) is 0. The molecule has 0 saturated carbocycles. The van der Waals surface area contributed by atoms with Crippen LogP contribution < -0.4 is 8.92 Å². The summed E-state index contributed by atoms with van der Waals surface area (Å²) in [6.07, 6.45) is 0. The molecule has 0 atom stereocenters. The molecule has 0 heterocycles. The van der Waals surface area contributed by atoms with Gasteiger partial charge in [-0.3, -0.25) is 0 Å². The Morgan fingerprint density at radius 3 is 2.32 bits per heavy atom. The molecule has 22 heavy (non-hydrogen) atoms. The van der Waals surface area contributed by atoms with E-state index in [1.54, 1.807) is 0 Å². The Kier molecular flexibility index (Phi) is 3.99. The second kappa shape index (κ2) is 5.79. The third kappa shape index (κ3) is 3.04. The van der Waals surface area contributed by atoms with E-state index < -0.39 is 0 Å². The SMILES string of the molecule is CC(C)(C)c1ccc(O)c([Se]c2cccc3ccccc23)c1. The molecule has 0 aliphatic carbocycles. The quantitative estimate of drug-likeness (QED) is 0.698. The van der Waals surface area contributed by atoms with Crippen LogP contribution in [0.1, 0.15) is 26.3 Å². The van der Waals surface area contributed by atoms with Gasteiger partial charge in [-0.1, -0.05) is 0 Å². The van der Waals surface area contributed by atoms with Crippen LogP contribution in [0.25, 0.3) is 10.8 Å². The number of hydrogen-bond donors (Lipinski definition) is 1. The van der Waals surface area contributed by atoms with Gasteiger partial charge in [0.2, 0.25) is 0 Å². The average molecular weight is 355 g/mol. The summed E-state index contributed by atoms with van der Waals surface area (Å²) in [4.78, 5) is 0. The normalized spacial score (nSPS) is 11.8. The molecule has 0 amide bonds. The fraction of sp³-hybridized carbons (Fsp3) is 0.200. The summed E-state index contributed by atoms with van der Waals surface area (Å²) in [6.45, 7) is 6.61. The van der Waals surface area contributed by atoms with Crippen LogP contribution >= 0.6 is 0 Å². The first-order valence-electron chi connectivity index (χ1n) is 7.44. The summed E-state index contributed by atoms with van der Waals surface area (Å²) >= 11 is 0.0895. The van der Waals surface area contributed by atoms with Crippen LogP contribution in [0, 0.1) is 0 Å². The first kappa shape index (κ1) is 15.1. The predicted molar refractivity (Wildman–Crippen MR) is 95.8 cm³/mol. The van der Waals surface area contributed by atoms with Crippen molar-refractivity contribution in [1.82, 2.24) is 0 Å². The van der Waals surface area contributed by atoms with E-state index in [0.717, 1.165) is 4.46 Å². The number of aromatic hydroxyl groups is 1. The Hall–Kier alpha value is -1.76. The number of benzene rings is 3. The Balaban J connectivity index is 2.05. The van der Waals surface area contributed by atoms with Crippen molar-refractivity contribution in [3.8, 4) is 5.75 Å². The van der Waals surface area contributed by atoms with Gasteiger partial charge >= 0.3 is 138 Å². The van der Waals surface area contributed by atoms with E-state index in [1.807, 2.05) is 12.1 Å². The van der Waals surface area contributed by atoms with Gasteiger partial charge < -0.3 is 0 Å². The molecule has 0 aliphatic heterocycles. The van der Waals surface area contributed by atoms with Crippen molar-refractivity contribution in [2.75, 3.05) is 0 Å². The van der Waals surface area contributed by atoms with Gasteiger partial charge in [-0.25, -0.2) is 0 Å². The maximum atomic E-state index is 10.2. The third-order valence-electron chi connectivity index (χ3n) is 3.80. The monoisotopic (exact) mass is 356 g/mol. The first-order valence-corrected chi connectivity index (χ1v) is 9.15. The molecule has 1 N–H and O–H groups in total. The van der Waals surface area contributed by atoms with Crippen LogP contribution in [0.2, 0.25) is 0 Å². The van der Waals surface area contributed by atoms with Gasteiger partial charge in [-0.15, -0.1) is 0 Å². The Morgan fingerprint density at radius 1 is 0.818 bits per heavy atom. The molecule has 0 aromatic heterocycles. The minimum absolute atomic E-state index is 0.0895. The summed E-state index contributed by atoms with van der Waals surface area (Å²) < 4.78 is 2.36. The van der Waals surface area contributed by atoms with Crippen molar-refractivity contribution in [1.29, 1.82) is 0 Å². The summed E-state index contributed by atoms with van der Waals surface area (Å²) in [5.74, 6) is 0.404. The summed E-state index contributed by atoms with van der Waals surface area (Å²) in [5.41, 5.74) is 1.36. The van der Waals surface area contributed by atoms with Gasteiger partial charge in [0.05, 0.1) is 0 Å². The van der Waals surface area contributed by atoms with Crippen LogP contribution in [-0.4, -0.2) is 20.1 Å². The number of phenols is 1. The predicted octanol–water partition coefficient (Wildman–Crippen LogP) is 3.50. The van der Waals surface area contributed by atoms with E-state index in [2.05, 4.69) is 69.3 Å². The van der Waals surface area contributed by atoms with Crippen molar-refractivity contribution in [3.63, 3.8) is 0 Å². The van der Waals surface area contributed by atoms with Crippen molar-refractivity contribution in [2.45, 2.75) is 26.2 Å². The van der Waals surface area contributed by atoms with Gasteiger partial charge in [-0.05, 0) is 0 Å². The summed E-state index contributed by atoms with van der Waals surface area (Å²) in [5, 5.41) is 12.8. The zero-order valence-electron chi connectivity index (χ0n) is 13.1. The van der Waals surface area contributed by atoms with Crippen molar-refractivity contribution >= 4 is 34.7 Å². The van der Waals surface area contributed by atoms with Crippen LogP contribution in [-0.2, 0) is 5.41 Å². The zero-order valence-corrected chi connectivity index (χ0v) is 14.8. The molecule has 0 spiro atoms. The second-order valence-corrected chi connectivity index (χ2v) is 8.79. The molecule has 0 radical (unpaired) electrons. The minimum atomic E-state index is 0.0895. The van der Waals surface area contributed by atoms with Gasteiger partial charge in [-0.2, -0.15) is 0 Å². The van der Waals surface area contributed by atoms with E-state index in [9.17, 15) is 5.11 Å². The molecule has 0 unspecified atom stereocenters. The zero-order chi connectivity index (χ0) is 15.7. The van der Waals surface area contributed by atoms with Gasteiger partial charge in [0, 0.05) is 0 Å². The van der Waals surface area contributed by atoms with Gasteiger partial charge in [0.25, 0.3) is 0 Å². The fourth-order valence-corrected chi connectivity index (χ4v) is 4.64. The van der Waals surface area contributed by atoms with Gasteiger partial charge in [0.1, 0.15) is 0 Å². The number of rotatable bonds is 2. The maximum absolute atomic E-state index is 10.2. The van der Waals surface area contributed by atoms with Crippen LogP contribution in [0.5, 0.6) is 5.75 Å². The summed E-state index contributed by atoms with van der Waals surface area (Å²) in [6, 6.07) is 20.9. The topological polar surface area (TPSA) is 20.2 Å². The molecule has 1 nitrogen and oxygen atoms in total. The standard InChI is InChI=1S/C20H20OSe/c1-20(2,3)15-11-12-17(21)19(13-15)22-18-10-6-8-14-7-4-5-9-16(14)18/h4-13,21H,1-3H3. The number of phenolic OH excluding ortho intramolecular Hbond substituents is 1. The molecule has 3 rings (SSSR count). The van der Waals surface area contributed by atoms with E-state index >= 15 is 0 Å². The molecule has 3 aromatic carbocycles. The molecular weight excluding hydrogens is 335 g/mol. The molecule has 112 valence electrons. The molecular formula is C20H20OSe. The molecule has 0 saturated heterocycles. The number of fused-ring (bicyclic) bond motifs is 1. The molecule has 3 aromatic rings. The molecule has 0 aliphatic rings. The van der Waals surface area contributed by atoms with E-state index in [0.29, 0.717) is 5.75 Å². The van der Waals surface area contributed by atoms with Crippen LogP contribution in [0.15, 0.2) is 60.7 Å².